The number of unbranched alkanes of at least 4 members (excludes halogenated alkanes) is 1. The fraction of sp³-hybridized carbons (Fsp3) is 0.478. The summed E-state index contributed by atoms with van der Waals surface area (Å²) in [6.45, 7) is 6.60. The fourth-order valence-electron chi connectivity index (χ4n) is 2.60. The molecule has 1 aromatic heterocycles. The van der Waals surface area contributed by atoms with Crippen LogP contribution in [-0.2, 0) is 22.6 Å². The first-order valence-electron chi connectivity index (χ1n) is 10.5. The second kappa shape index (κ2) is 15.2. The second-order valence-corrected chi connectivity index (χ2v) is 6.69. The first-order chi connectivity index (χ1) is 14.8. The molecule has 0 saturated carbocycles. The number of aromatic nitrogens is 1. The number of hydrogen-bond donors (Lipinski definition) is 2. The molecule has 0 atom stereocenters. The zero-order valence-electron chi connectivity index (χ0n) is 18.1. The van der Waals surface area contributed by atoms with Gasteiger partial charge in [-0.05, 0) is 36.2 Å². The molecule has 0 aliphatic heterocycles. The van der Waals surface area contributed by atoms with Crippen molar-refractivity contribution in [1.29, 1.82) is 0 Å². The maximum Gasteiger partial charge on any atom is 0.191 e. The van der Waals surface area contributed by atoms with Gasteiger partial charge in [0.15, 0.2) is 5.96 Å². The van der Waals surface area contributed by atoms with Gasteiger partial charge in [-0.15, -0.1) is 0 Å². The highest BCUT2D eigenvalue weighted by atomic mass is 16.5. The van der Waals surface area contributed by atoms with Gasteiger partial charge in [-0.2, -0.15) is 0 Å². The Balaban J connectivity index is 1.62. The van der Waals surface area contributed by atoms with Crippen LogP contribution < -0.4 is 15.4 Å². The molecule has 164 valence electrons. The molecule has 0 radical (unpaired) electrons. The van der Waals surface area contributed by atoms with Crippen LogP contribution >= 0.6 is 0 Å². The van der Waals surface area contributed by atoms with E-state index >= 15 is 0 Å². The average Bonchev–Trinajstić information content (AvgIpc) is 2.79. The zero-order valence-corrected chi connectivity index (χ0v) is 18.1. The molecule has 7 heteroatoms. The molecule has 1 heterocycles. The molecule has 2 rings (SSSR count). The predicted molar refractivity (Wildman–Crippen MR) is 120 cm³/mol. The summed E-state index contributed by atoms with van der Waals surface area (Å²) < 4.78 is 16.9. The van der Waals surface area contributed by atoms with Crippen molar-refractivity contribution in [3.8, 4) is 5.75 Å². The summed E-state index contributed by atoms with van der Waals surface area (Å²) in [7, 11) is 1.75. The molecule has 0 fully saturated rings. The third-order valence-electron chi connectivity index (χ3n) is 4.25. The van der Waals surface area contributed by atoms with Crippen molar-refractivity contribution in [2.75, 3.05) is 40.0 Å². The molecule has 2 aromatic rings. The Morgan fingerprint density at radius 1 is 1.00 bits per heavy atom. The van der Waals surface area contributed by atoms with Gasteiger partial charge in [0.05, 0.1) is 25.5 Å². The van der Waals surface area contributed by atoms with Gasteiger partial charge in [0.25, 0.3) is 0 Å². The van der Waals surface area contributed by atoms with Crippen LogP contribution in [0.25, 0.3) is 0 Å². The van der Waals surface area contributed by atoms with Crippen LogP contribution in [0.15, 0.2) is 53.7 Å². The van der Waals surface area contributed by atoms with Crippen molar-refractivity contribution in [1.82, 2.24) is 15.6 Å². The van der Waals surface area contributed by atoms with Crippen LogP contribution in [0.4, 0.5) is 0 Å². The molecule has 30 heavy (non-hydrogen) atoms. The van der Waals surface area contributed by atoms with Crippen molar-refractivity contribution in [3.63, 3.8) is 0 Å². The van der Waals surface area contributed by atoms with E-state index in [0.29, 0.717) is 39.5 Å². The summed E-state index contributed by atoms with van der Waals surface area (Å²) in [5.74, 6) is 1.55. The van der Waals surface area contributed by atoms with Gasteiger partial charge in [-0.25, -0.2) is 0 Å². The van der Waals surface area contributed by atoms with E-state index in [1.807, 2.05) is 36.4 Å². The minimum absolute atomic E-state index is 0.449. The predicted octanol–water partition coefficient (Wildman–Crippen LogP) is 3.16. The van der Waals surface area contributed by atoms with E-state index in [0.717, 1.165) is 42.4 Å². The van der Waals surface area contributed by atoms with Gasteiger partial charge in [0.2, 0.25) is 0 Å². The Kier molecular flexibility index (Phi) is 12.0. The number of nitrogens with one attached hydrogen (secondary N) is 2. The van der Waals surface area contributed by atoms with E-state index in [1.54, 1.807) is 13.2 Å². The molecule has 0 aliphatic rings. The third-order valence-corrected chi connectivity index (χ3v) is 4.25. The standard InChI is InChI=1S/C23H34N4O3/c1-3-4-13-28-15-16-29-14-12-26-23(24-2)27-18-20-8-7-10-22(17-20)30-19-21-9-5-6-11-25-21/h5-11,17H,3-4,12-16,18-19H2,1-2H3,(H2,24,26,27). The average molecular weight is 415 g/mol. The van der Waals surface area contributed by atoms with Gasteiger partial charge >= 0.3 is 0 Å². The van der Waals surface area contributed by atoms with Crippen molar-refractivity contribution in [3.05, 3.63) is 59.9 Å². The van der Waals surface area contributed by atoms with Gasteiger partial charge < -0.3 is 24.8 Å². The normalized spacial score (nSPS) is 11.3. The zero-order chi connectivity index (χ0) is 21.3. The van der Waals surface area contributed by atoms with Gasteiger partial charge in [0.1, 0.15) is 12.4 Å². The molecule has 0 unspecified atom stereocenters. The van der Waals surface area contributed by atoms with Crippen molar-refractivity contribution >= 4 is 5.96 Å². The highest BCUT2D eigenvalue weighted by Gasteiger charge is 2.01. The number of rotatable bonds is 14. The lowest BCUT2D eigenvalue weighted by Gasteiger charge is -2.13. The lowest BCUT2D eigenvalue weighted by atomic mass is 10.2. The molecule has 0 spiro atoms. The maximum atomic E-state index is 5.84. The largest absolute Gasteiger partial charge is 0.487 e. The molecular formula is C23H34N4O3. The molecule has 0 saturated heterocycles. The van der Waals surface area contributed by atoms with Crippen molar-refractivity contribution in [2.45, 2.75) is 32.9 Å². The van der Waals surface area contributed by atoms with Crippen LogP contribution in [0.5, 0.6) is 5.75 Å². The minimum atomic E-state index is 0.449. The number of benzene rings is 1. The van der Waals surface area contributed by atoms with Crippen molar-refractivity contribution < 1.29 is 14.2 Å². The molecule has 2 N–H and O–H groups in total. The van der Waals surface area contributed by atoms with Crippen molar-refractivity contribution in [2.24, 2.45) is 4.99 Å². The molecule has 7 nitrogen and oxygen atoms in total. The Labute approximate surface area is 179 Å². The first kappa shape index (κ1) is 23.6. The molecule has 1 aromatic carbocycles. The Bertz CT molecular complexity index is 725. The summed E-state index contributed by atoms with van der Waals surface area (Å²) >= 11 is 0. The smallest absolute Gasteiger partial charge is 0.191 e. The summed E-state index contributed by atoms with van der Waals surface area (Å²) in [6.07, 6.45) is 4.02. The topological polar surface area (TPSA) is 77.0 Å². The number of aliphatic imine (C=N–C) groups is 1. The molecule has 0 amide bonds. The summed E-state index contributed by atoms with van der Waals surface area (Å²) in [5.41, 5.74) is 2.01. The Morgan fingerprint density at radius 3 is 2.63 bits per heavy atom. The first-order valence-corrected chi connectivity index (χ1v) is 10.5. The second-order valence-electron chi connectivity index (χ2n) is 6.69. The van der Waals surface area contributed by atoms with Gasteiger partial charge in [-0.3, -0.25) is 9.98 Å². The van der Waals surface area contributed by atoms with E-state index < -0.39 is 0 Å². The van der Waals surface area contributed by atoms with Crippen LogP contribution in [0.1, 0.15) is 31.0 Å². The Hall–Kier alpha value is -2.64. The van der Waals surface area contributed by atoms with E-state index in [-0.39, 0.29) is 0 Å². The number of ether oxygens (including phenoxy) is 3. The number of nitrogens with zero attached hydrogens (tertiary/aromatic N) is 2. The Morgan fingerprint density at radius 2 is 1.87 bits per heavy atom. The highest BCUT2D eigenvalue weighted by molar-refractivity contribution is 5.79. The van der Waals surface area contributed by atoms with Crippen LogP contribution in [0, 0.1) is 0 Å². The summed E-state index contributed by atoms with van der Waals surface area (Å²) in [4.78, 5) is 8.52. The number of hydrogen-bond acceptors (Lipinski definition) is 5. The quantitative estimate of drug-likeness (QED) is 0.281. The van der Waals surface area contributed by atoms with Gasteiger partial charge in [0, 0.05) is 32.9 Å². The van der Waals surface area contributed by atoms with Crippen LogP contribution in [-0.4, -0.2) is 51.0 Å². The molecule has 0 aliphatic carbocycles. The monoisotopic (exact) mass is 414 g/mol. The number of pyridine rings is 1. The number of guanidine groups is 1. The SMILES string of the molecule is CCCCOCCOCCNC(=NC)NCc1cccc(OCc2ccccn2)c1. The highest BCUT2D eigenvalue weighted by Crippen LogP contribution is 2.14. The fourth-order valence-corrected chi connectivity index (χ4v) is 2.60. The van der Waals surface area contributed by atoms with E-state index in [9.17, 15) is 0 Å². The molecule has 0 bridgehead atoms. The van der Waals surface area contributed by atoms with Gasteiger partial charge in [-0.1, -0.05) is 31.5 Å². The minimum Gasteiger partial charge on any atom is -0.487 e. The van der Waals surface area contributed by atoms with E-state index in [1.165, 1.54) is 0 Å². The maximum absolute atomic E-state index is 5.84. The third kappa shape index (κ3) is 10.2. The summed E-state index contributed by atoms with van der Waals surface area (Å²) in [6, 6.07) is 13.8. The summed E-state index contributed by atoms with van der Waals surface area (Å²) in [5, 5.41) is 6.55. The van der Waals surface area contributed by atoms with Crippen LogP contribution in [0.3, 0.4) is 0 Å². The van der Waals surface area contributed by atoms with E-state index in [4.69, 9.17) is 14.2 Å². The van der Waals surface area contributed by atoms with Crippen LogP contribution in [0.2, 0.25) is 0 Å². The van der Waals surface area contributed by atoms with E-state index in [2.05, 4.69) is 33.6 Å². The lowest BCUT2D eigenvalue weighted by molar-refractivity contribution is 0.0487. The lowest BCUT2D eigenvalue weighted by Crippen LogP contribution is -2.38. The molecular weight excluding hydrogens is 380 g/mol.